The van der Waals surface area contributed by atoms with E-state index in [-0.39, 0.29) is 0 Å². The molecule has 0 fully saturated rings. The third-order valence-corrected chi connectivity index (χ3v) is 9.77. The third-order valence-electron chi connectivity index (χ3n) is 8.56. The molecule has 5 heteroatoms. The Hall–Kier alpha value is -5.88. The molecule has 3 heterocycles. The van der Waals surface area contributed by atoms with E-state index in [1.54, 1.807) is 11.3 Å². The van der Waals surface area contributed by atoms with Gasteiger partial charge in [-0.3, -0.25) is 0 Å². The summed E-state index contributed by atoms with van der Waals surface area (Å²) in [6, 6.07) is 46.7. The van der Waals surface area contributed by atoms with Crippen molar-refractivity contribution in [3.8, 4) is 23.5 Å². The summed E-state index contributed by atoms with van der Waals surface area (Å²) in [5, 5.41) is 26.3. The van der Waals surface area contributed by atoms with Gasteiger partial charge in [0.05, 0.1) is 44.0 Å². The first-order valence-corrected chi connectivity index (χ1v) is 14.9. The number of para-hydroxylation sites is 2. The van der Waals surface area contributed by atoms with Gasteiger partial charge in [-0.05, 0) is 60.7 Å². The highest BCUT2D eigenvalue weighted by atomic mass is 32.1. The molecule has 198 valence electrons. The fourth-order valence-electron chi connectivity index (χ4n) is 6.79. The van der Waals surface area contributed by atoms with Gasteiger partial charge in [0.1, 0.15) is 6.07 Å². The van der Waals surface area contributed by atoms with Gasteiger partial charge in [0.15, 0.2) is 0 Å². The Morgan fingerprint density at radius 3 is 1.98 bits per heavy atom. The Morgan fingerprint density at radius 1 is 0.512 bits per heavy atom. The highest BCUT2D eigenvalue weighted by Crippen LogP contribution is 2.44. The lowest BCUT2D eigenvalue weighted by molar-refractivity contribution is 1.14. The van der Waals surface area contributed by atoms with Gasteiger partial charge in [0.25, 0.3) is 0 Å². The largest absolute Gasteiger partial charge is 0.309 e. The summed E-state index contributed by atoms with van der Waals surface area (Å²) in [6.45, 7) is 0. The first-order valence-electron chi connectivity index (χ1n) is 14.1. The molecule has 0 saturated carbocycles. The molecule has 0 saturated heterocycles. The van der Waals surface area contributed by atoms with Crippen LogP contribution in [0.4, 0.5) is 0 Å². The van der Waals surface area contributed by atoms with E-state index in [1.807, 2.05) is 30.3 Å². The van der Waals surface area contributed by atoms with Crippen molar-refractivity contribution in [3.05, 3.63) is 132 Å². The monoisotopic (exact) mass is 564 g/mol. The number of nitrogens with zero attached hydrogens (tertiary/aromatic N) is 4. The average molecular weight is 565 g/mol. The Balaban J connectivity index is 1.40. The summed E-state index contributed by atoms with van der Waals surface area (Å²) < 4.78 is 6.86. The third kappa shape index (κ3) is 3.23. The number of fused-ring (bicyclic) bond motifs is 10. The van der Waals surface area contributed by atoms with Crippen LogP contribution < -0.4 is 0 Å². The van der Waals surface area contributed by atoms with Crippen LogP contribution in [-0.4, -0.2) is 9.13 Å². The van der Waals surface area contributed by atoms with Crippen LogP contribution in [0.1, 0.15) is 11.1 Å². The molecule has 9 rings (SSSR count). The van der Waals surface area contributed by atoms with Crippen molar-refractivity contribution in [1.82, 2.24) is 9.13 Å². The highest BCUT2D eigenvalue weighted by Gasteiger charge is 2.20. The lowest BCUT2D eigenvalue weighted by atomic mass is 10.1. The van der Waals surface area contributed by atoms with Gasteiger partial charge in [-0.2, -0.15) is 10.5 Å². The Labute approximate surface area is 250 Å². The van der Waals surface area contributed by atoms with Crippen molar-refractivity contribution >= 4 is 75.1 Å². The van der Waals surface area contributed by atoms with E-state index in [0.29, 0.717) is 11.1 Å². The molecule has 0 unspecified atom stereocenters. The molecule has 4 nitrogen and oxygen atoms in total. The van der Waals surface area contributed by atoms with Gasteiger partial charge in [-0.25, -0.2) is 0 Å². The zero-order chi connectivity index (χ0) is 28.7. The number of hydrogen-bond donors (Lipinski definition) is 0. The summed E-state index contributed by atoms with van der Waals surface area (Å²) >= 11 is 1.69. The number of nitriles is 2. The predicted molar refractivity (Wildman–Crippen MR) is 177 cm³/mol. The molecule has 0 aliphatic carbocycles. The fraction of sp³-hybridized carbons (Fsp3) is 0. The Kier molecular flexibility index (Phi) is 4.87. The molecule has 0 amide bonds. The maximum atomic E-state index is 9.86. The van der Waals surface area contributed by atoms with Crippen LogP contribution in [0.15, 0.2) is 121 Å². The molecule has 0 bridgehead atoms. The molecule has 0 aliphatic rings. The standard InChI is InChI=1S/C38H20N4S/c39-21-23-15-17-34-31(19-23)28-11-2-3-13-32(28)41(34)25-8-6-9-26(20-25)42-33-14-4-1-10-27(33)29-16-18-35-36(37(29)42)30-12-5-7-24(22-40)38(30)43-35/h1-20H. The van der Waals surface area contributed by atoms with Crippen molar-refractivity contribution in [2.24, 2.45) is 0 Å². The van der Waals surface area contributed by atoms with E-state index >= 15 is 0 Å². The smallest absolute Gasteiger partial charge is 0.101 e. The van der Waals surface area contributed by atoms with Crippen LogP contribution >= 0.6 is 11.3 Å². The minimum absolute atomic E-state index is 0.654. The summed E-state index contributed by atoms with van der Waals surface area (Å²) in [4.78, 5) is 0. The fourth-order valence-corrected chi connectivity index (χ4v) is 7.95. The van der Waals surface area contributed by atoms with Crippen LogP contribution in [0.2, 0.25) is 0 Å². The molecule has 0 spiro atoms. The summed E-state index contributed by atoms with van der Waals surface area (Å²) in [7, 11) is 0. The zero-order valence-electron chi connectivity index (χ0n) is 22.7. The number of rotatable bonds is 2. The summed E-state index contributed by atoms with van der Waals surface area (Å²) in [5.74, 6) is 0. The van der Waals surface area contributed by atoms with E-state index in [0.717, 1.165) is 54.3 Å². The topological polar surface area (TPSA) is 57.4 Å². The molecule has 0 aliphatic heterocycles. The van der Waals surface area contributed by atoms with E-state index in [2.05, 4.69) is 112 Å². The molecular weight excluding hydrogens is 545 g/mol. The SMILES string of the molecule is N#Cc1ccc2c(c1)c1ccccc1n2-c1cccc(-n2c3ccccc3c3ccc4sc5c(C#N)cccc5c4c32)c1. The van der Waals surface area contributed by atoms with Crippen LogP contribution in [0, 0.1) is 22.7 Å². The normalized spacial score (nSPS) is 11.7. The molecule has 0 atom stereocenters. The second-order valence-corrected chi connectivity index (χ2v) is 11.9. The highest BCUT2D eigenvalue weighted by molar-refractivity contribution is 7.26. The molecule has 43 heavy (non-hydrogen) atoms. The molecule has 6 aromatic carbocycles. The summed E-state index contributed by atoms with van der Waals surface area (Å²) in [5.41, 5.74) is 7.93. The van der Waals surface area contributed by atoms with Crippen molar-refractivity contribution in [2.75, 3.05) is 0 Å². The van der Waals surface area contributed by atoms with E-state index in [4.69, 9.17) is 0 Å². The van der Waals surface area contributed by atoms with Crippen molar-refractivity contribution in [2.45, 2.75) is 0 Å². The molecule has 0 radical (unpaired) electrons. The zero-order valence-corrected chi connectivity index (χ0v) is 23.6. The number of thiophene rings is 1. The Morgan fingerprint density at radius 2 is 1.19 bits per heavy atom. The predicted octanol–water partition coefficient (Wildman–Crippen LogP) is 9.99. The lowest BCUT2D eigenvalue weighted by Gasteiger charge is -2.13. The van der Waals surface area contributed by atoms with Crippen molar-refractivity contribution in [3.63, 3.8) is 0 Å². The number of benzene rings is 6. The van der Waals surface area contributed by atoms with E-state index < -0.39 is 0 Å². The maximum Gasteiger partial charge on any atom is 0.101 e. The summed E-state index contributed by atoms with van der Waals surface area (Å²) in [6.07, 6.45) is 0. The molecule has 9 aromatic rings. The molecular formula is C38H20N4S. The molecule has 0 N–H and O–H groups in total. The van der Waals surface area contributed by atoms with Gasteiger partial charge >= 0.3 is 0 Å². The second-order valence-electron chi connectivity index (χ2n) is 10.8. The van der Waals surface area contributed by atoms with Crippen LogP contribution in [0.25, 0.3) is 75.2 Å². The van der Waals surface area contributed by atoms with Crippen LogP contribution in [-0.2, 0) is 0 Å². The van der Waals surface area contributed by atoms with E-state index in [9.17, 15) is 10.5 Å². The van der Waals surface area contributed by atoms with E-state index in [1.165, 1.54) is 20.9 Å². The van der Waals surface area contributed by atoms with Gasteiger partial charge in [0, 0.05) is 48.4 Å². The lowest BCUT2D eigenvalue weighted by Crippen LogP contribution is -1.98. The van der Waals surface area contributed by atoms with Gasteiger partial charge < -0.3 is 9.13 Å². The first kappa shape index (κ1) is 23.8. The maximum absolute atomic E-state index is 9.86. The molecule has 3 aromatic heterocycles. The van der Waals surface area contributed by atoms with Crippen molar-refractivity contribution < 1.29 is 0 Å². The van der Waals surface area contributed by atoms with Gasteiger partial charge in [0.2, 0.25) is 0 Å². The Bertz CT molecular complexity index is 2710. The average Bonchev–Trinajstić information content (AvgIpc) is 3.72. The second kappa shape index (κ2) is 8.81. The van der Waals surface area contributed by atoms with Gasteiger partial charge in [-0.1, -0.05) is 60.7 Å². The minimum Gasteiger partial charge on any atom is -0.309 e. The quantitative estimate of drug-likeness (QED) is 0.210. The first-order chi connectivity index (χ1) is 21.2. The number of hydrogen-bond acceptors (Lipinski definition) is 3. The van der Waals surface area contributed by atoms with Crippen molar-refractivity contribution in [1.29, 1.82) is 10.5 Å². The van der Waals surface area contributed by atoms with Crippen LogP contribution in [0.3, 0.4) is 0 Å². The number of aromatic nitrogens is 2. The van der Waals surface area contributed by atoms with Crippen LogP contribution in [0.5, 0.6) is 0 Å². The minimum atomic E-state index is 0.654. The van der Waals surface area contributed by atoms with Gasteiger partial charge in [-0.15, -0.1) is 11.3 Å².